The normalized spacial score (nSPS) is 17.4. The van der Waals surface area contributed by atoms with Crippen molar-refractivity contribution in [3.05, 3.63) is 29.3 Å². The Hall–Kier alpha value is -0.930. The van der Waals surface area contributed by atoms with E-state index >= 15 is 0 Å². The van der Waals surface area contributed by atoms with Crippen molar-refractivity contribution in [3.8, 4) is 0 Å². The highest BCUT2D eigenvalue weighted by molar-refractivity contribution is 6.30. The topological polar surface area (TPSA) is 37.8 Å². The minimum Gasteiger partial charge on any atom is -0.316 e. The molecule has 0 aliphatic carbocycles. The molecule has 1 aliphatic rings. The molecule has 0 amide bonds. The van der Waals surface area contributed by atoms with Crippen molar-refractivity contribution in [2.45, 2.75) is 12.8 Å². The van der Waals surface area contributed by atoms with Crippen LogP contribution in [0.15, 0.2) is 18.5 Å². The van der Waals surface area contributed by atoms with Gasteiger partial charge in [-0.25, -0.2) is 9.97 Å². The highest BCUT2D eigenvalue weighted by Crippen LogP contribution is 2.16. The van der Waals surface area contributed by atoms with E-state index in [1.165, 1.54) is 5.57 Å². The maximum absolute atomic E-state index is 5.73. The van der Waals surface area contributed by atoms with Gasteiger partial charge < -0.3 is 5.32 Å². The molecule has 0 atom stereocenters. The van der Waals surface area contributed by atoms with Gasteiger partial charge in [-0.1, -0.05) is 17.7 Å². The Kier molecular flexibility index (Phi) is 3.11. The summed E-state index contributed by atoms with van der Waals surface area (Å²) in [7, 11) is 0. The summed E-state index contributed by atoms with van der Waals surface area (Å²) in [5, 5.41) is 3.91. The van der Waals surface area contributed by atoms with Gasteiger partial charge in [0.2, 0.25) is 0 Å². The number of hydrogen-bond acceptors (Lipinski definition) is 3. The largest absolute Gasteiger partial charge is 0.316 e. The van der Waals surface area contributed by atoms with Crippen LogP contribution in [0.1, 0.15) is 18.7 Å². The molecular formula is C10H12ClN3. The number of aromatic nitrogens is 2. The van der Waals surface area contributed by atoms with Crippen LogP contribution < -0.4 is 5.32 Å². The first-order valence-corrected chi connectivity index (χ1v) is 5.12. The van der Waals surface area contributed by atoms with Gasteiger partial charge in [-0.15, -0.1) is 0 Å². The van der Waals surface area contributed by atoms with Crippen molar-refractivity contribution in [1.29, 1.82) is 0 Å². The fourth-order valence-corrected chi connectivity index (χ4v) is 1.58. The lowest BCUT2D eigenvalue weighted by molar-refractivity contribution is 0.717. The van der Waals surface area contributed by atoms with E-state index in [4.69, 9.17) is 11.6 Å². The SMILES string of the molecule is Clc1cnc(C2=CCCNCC2)nc1. The molecule has 2 rings (SSSR count). The van der Waals surface area contributed by atoms with Gasteiger partial charge in [-0.3, -0.25) is 0 Å². The Morgan fingerprint density at radius 3 is 2.79 bits per heavy atom. The fraction of sp³-hybridized carbons (Fsp3) is 0.400. The van der Waals surface area contributed by atoms with E-state index in [0.29, 0.717) is 5.02 Å². The predicted octanol–water partition coefficient (Wildman–Crippen LogP) is 1.90. The molecule has 0 fully saturated rings. The van der Waals surface area contributed by atoms with E-state index in [9.17, 15) is 0 Å². The molecule has 0 aromatic carbocycles. The summed E-state index contributed by atoms with van der Waals surface area (Å²) in [6.45, 7) is 2.04. The molecule has 0 bridgehead atoms. The number of rotatable bonds is 1. The molecule has 0 spiro atoms. The van der Waals surface area contributed by atoms with E-state index in [0.717, 1.165) is 31.8 Å². The van der Waals surface area contributed by atoms with E-state index in [1.807, 2.05) is 0 Å². The zero-order valence-electron chi connectivity index (χ0n) is 7.83. The molecular weight excluding hydrogens is 198 g/mol. The summed E-state index contributed by atoms with van der Waals surface area (Å²) in [6, 6.07) is 0. The zero-order chi connectivity index (χ0) is 9.80. The maximum Gasteiger partial charge on any atom is 0.154 e. The van der Waals surface area contributed by atoms with Crippen molar-refractivity contribution in [1.82, 2.24) is 15.3 Å². The number of hydrogen-bond donors (Lipinski definition) is 1. The smallest absolute Gasteiger partial charge is 0.154 e. The lowest BCUT2D eigenvalue weighted by Gasteiger charge is -2.02. The summed E-state index contributed by atoms with van der Waals surface area (Å²) in [5.74, 6) is 0.804. The second-order valence-corrected chi connectivity index (χ2v) is 3.68. The van der Waals surface area contributed by atoms with Crippen LogP contribution in [0.25, 0.3) is 5.57 Å². The molecule has 3 nitrogen and oxygen atoms in total. The van der Waals surface area contributed by atoms with Crippen LogP contribution in [0.4, 0.5) is 0 Å². The van der Waals surface area contributed by atoms with Crippen LogP contribution >= 0.6 is 11.6 Å². The third kappa shape index (κ3) is 2.30. The highest BCUT2D eigenvalue weighted by atomic mass is 35.5. The van der Waals surface area contributed by atoms with E-state index in [2.05, 4.69) is 21.4 Å². The highest BCUT2D eigenvalue weighted by Gasteiger charge is 2.06. The average molecular weight is 210 g/mol. The summed E-state index contributed by atoms with van der Waals surface area (Å²) < 4.78 is 0. The lowest BCUT2D eigenvalue weighted by Crippen LogP contribution is -2.14. The minimum absolute atomic E-state index is 0.584. The third-order valence-corrected chi connectivity index (χ3v) is 2.39. The molecule has 0 saturated heterocycles. The average Bonchev–Trinajstić information content (AvgIpc) is 2.47. The number of halogens is 1. The molecule has 1 aliphatic heterocycles. The molecule has 0 radical (unpaired) electrons. The van der Waals surface area contributed by atoms with Crippen LogP contribution in [-0.4, -0.2) is 23.1 Å². The van der Waals surface area contributed by atoms with Gasteiger partial charge in [0.05, 0.1) is 5.02 Å². The molecule has 1 aromatic heterocycles. The van der Waals surface area contributed by atoms with Crippen LogP contribution in [0, 0.1) is 0 Å². The Bertz CT molecular complexity index is 332. The van der Waals surface area contributed by atoms with Crippen molar-refractivity contribution in [2.24, 2.45) is 0 Å². The molecule has 4 heteroatoms. The quantitative estimate of drug-likeness (QED) is 0.768. The molecule has 14 heavy (non-hydrogen) atoms. The number of nitrogens with zero attached hydrogens (tertiary/aromatic N) is 2. The number of nitrogens with one attached hydrogen (secondary N) is 1. The van der Waals surface area contributed by atoms with Crippen LogP contribution in [0.5, 0.6) is 0 Å². The Labute approximate surface area is 88.2 Å². The first-order chi connectivity index (χ1) is 6.86. The molecule has 74 valence electrons. The van der Waals surface area contributed by atoms with Crippen LogP contribution in [0.2, 0.25) is 5.02 Å². The fourth-order valence-electron chi connectivity index (χ4n) is 1.48. The van der Waals surface area contributed by atoms with Gasteiger partial charge >= 0.3 is 0 Å². The first-order valence-electron chi connectivity index (χ1n) is 4.74. The minimum atomic E-state index is 0.584. The Balaban J connectivity index is 2.20. The first kappa shape index (κ1) is 9.62. The monoisotopic (exact) mass is 209 g/mol. The maximum atomic E-state index is 5.73. The summed E-state index contributed by atoms with van der Waals surface area (Å²) in [5.41, 5.74) is 1.21. The second-order valence-electron chi connectivity index (χ2n) is 3.24. The van der Waals surface area contributed by atoms with Crippen LogP contribution in [-0.2, 0) is 0 Å². The van der Waals surface area contributed by atoms with Crippen molar-refractivity contribution < 1.29 is 0 Å². The molecule has 2 heterocycles. The summed E-state index contributed by atoms with van der Waals surface area (Å²) in [4.78, 5) is 8.41. The third-order valence-electron chi connectivity index (χ3n) is 2.19. The van der Waals surface area contributed by atoms with Gasteiger partial charge in [0.25, 0.3) is 0 Å². The molecule has 1 N–H and O–H groups in total. The lowest BCUT2D eigenvalue weighted by atomic mass is 10.1. The Morgan fingerprint density at radius 2 is 2.00 bits per heavy atom. The van der Waals surface area contributed by atoms with Crippen molar-refractivity contribution in [2.75, 3.05) is 13.1 Å². The second kappa shape index (κ2) is 4.53. The summed E-state index contributed by atoms with van der Waals surface area (Å²) >= 11 is 5.73. The van der Waals surface area contributed by atoms with E-state index in [-0.39, 0.29) is 0 Å². The molecule has 1 aromatic rings. The van der Waals surface area contributed by atoms with Gasteiger partial charge in [0.1, 0.15) is 0 Å². The molecule has 0 unspecified atom stereocenters. The van der Waals surface area contributed by atoms with Gasteiger partial charge in [0.15, 0.2) is 5.82 Å². The zero-order valence-corrected chi connectivity index (χ0v) is 8.59. The van der Waals surface area contributed by atoms with Gasteiger partial charge in [-0.05, 0) is 31.5 Å². The summed E-state index contributed by atoms with van der Waals surface area (Å²) in [6.07, 6.45) is 7.51. The van der Waals surface area contributed by atoms with Gasteiger partial charge in [0, 0.05) is 12.4 Å². The Morgan fingerprint density at radius 1 is 1.21 bits per heavy atom. The van der Waals surface area contributed by atoms with E-state index in [1.54, 1.807) is 12.4 Å². The van der Waals surface area contributed by atoms with Gasteiger partial charge in [-0.2, -0.15) is 0 Å². The standard InChI is InChI=1S/C10H12ClN3/c11-9-6-13-10(14-7-9)8-2-1-4-12-5-3-8/h2,6-7,12H,1,3-5H2. The van der Waals surface area contributed by atoms with E-state index < -0.39 is 0 Å². The van der Waals surface area contributed by atoms with Crippen molar-refractivity contribution >= 4 is 17.2 Å². The van der Waals surface area contributed by atoms with Crippen molar-refractivity contribution in [3.63, 3.8) is 0 Å². The van der Waals surface area contributed by atoms with Crippen LogP contribution in [0.3, 0.4) is 0 Å². The molecule has 0 saturated carbocycles. The predicted molar refractivity (Wildman–Crippen MR) is 57.1 cm³/mol.